The maximum Gasteiger partial charge on any atom is 0.326 e. The SMILES string of the molecule is CC(CCc1ccc([N+](=O)[O-])cc1)NC1CCn2c(=O)[nH]c3cccc(c32)C1O. The second-order valence-electron chi connectivity index (χ2n) is 7.70. The second kappa shape index (κ2) is 7.81. The lowest BCUT2D eigenvalue weighted by atomic mass is 9.98. The van der Waals surface area contributed by atoms with Crippen molar-refractivity contribution in [2.24, 2.45) is 0 Å². The summed E-state index contributed by atoms with van der Waals surface area (Å²) in [6.07, 6.45) is 1.55. The van der Waals surface area contributed by atoms with E-state index in [4.69, 9.17) is 0 Å². The number of imidazole rings is 1. The first kappa shape index (κ1) is 19.4. The second-order valence-corrected chi connectivity index (χ2v) is 7.70. The summed E-state index contributed by atoms with van der Waals surface area (Å²) < 4.78 is 1.71. The summed E-state index contributed by atoms with van der Waals surface area (Å²) in [5.74, 6) is 0. The smallest absolute Gasteiger partial charge is 0.326 e. The fraction of sp³-hybridized carbons (Fsp3) is 0.381. The van der Waals surface area contributed by atoms with Crippen LogP contribution in [-0.4, -0.2) is 31.7 Å². The van der Waals surface area contributed by atoms with E-state index in [-0.39, 0.29) is 23.5 Å². The number of aryl methyl sites for hydroxylation is 2. The number of aromatic nitrogens is 2. The largest absolute Gasteiger partial charge is 0.387 e. The molecule has 0 fully saturated rings. The average Bonchev–Trinajstić information content (AvgIpc) is 2.96. The minimum atomic E-state index is -0.704. The van der Waals surface area contributed by atoms with Crippen LogP contribution in [0.15, 0.2) is 47.3 Å². The van der Waals surface area contributed by atoms with Crippen molar-refractivity contribution in [1.29, 1.82) is 0 Å². The van der Waals surface area contributed by atoms with Crippen LogP contribution in [0.4, 0.5) is 5.69 Å². The lowest BCUT2D eigenvalue weighted by Gasteiger charge is -2.26. The van der Waals surface area contributed by atoms with Crippen molar-refractivity contribution in [1.82, 2.24) is 14.9 Å². The monoisotopic (exact) mass is 396 g/mol. The van der Waals surface area contributed by atoms with Gasteiger partial charge in [-0.05, 0) is 37.8 Å². The van der Waals surface area contributed by atoms with Crippen LogP contribution >= 0.6 is 0 Å². The Kier molecular flexibility index (Phi) is 5.21. The van der Waals surface area contributed by atoms with E-state index in [2.05, 4.69) is 17.2 Å². The summed E-state index contributed by atoms with van der Waals surface area (Å²) in [7, 11) is 0. The topological polar surface area (TPSA) is 113 Å². The Hall–Kier alpha value is -2.97. The fourth-order valence-corrected chi connectivity index (χ4v) is 4.13. The fourth-order valence-electron chi connectivity index (χ4n) is 4.13. The number of H-pyrrole nitrogens is 1. The molecule has 0 saturated heterocycles. The molecule has 3 unspecified atom stereocenters. The van der Waals surface area contributed by atoms with E-state index in [1.165, 1.54) is 12.1 Å². The molecule has 1 aliphatic rings. The van der Waals surface area contributed by atoms with Crippen molar-refractivity contribution < 1.29 is 10.0 Å². The molecule has 152 valence electrons. The number of aliphatic hydroxyl groups is 1. The number of aliphatic hydroxyl groups excluding tert-OH is 1. The number of rotatable bonds is 6. The lowest BCUT2D eigenvalue weighted by molar-refractivity contribution is -0.384. The number of hydrogen-bond donors (Lipinski definition) is 3. The van der Waals surface area contributed by atoms with Gasteiger partial charge in [0.15, 0.2) is 0 Å². The summed E-state index contributed by atoms with van der Waals surface area (Å²) in [6.45, 7) is 2.61. The van der Waals surface area contributed by atoms with Gasteiger partial charge in [0.2, 0.25) is 0 Å². The highest BCUT2D eigenvalue weighted by molar-refractivity contribution is 5.79. The number of hydrogen-bond acceptors (Lipinski definition) is 5. The van der Waals surface area contributed by atoms with Crippen LogP contribution in [0.2, 0.25) is 0 Å². The van der Waals surface area contributed by atoms with Crippen LogP contribution in [0.1, 0.15) is 37.0 Å². The van der Waals surface area contributed by atoms with E-state index < -0.39 is 11.0 Å². The van der Waals surface area contributed by atoms with Crippen LogP contribution in [-0.2, 0) is 13.0 Å². The van der Waals surface area contributed by atoms with Crippen LogP contribution in [0, 0.1) is 10.1 Å². The van der Waals surface area contributed by atoms with Gasteiger partial charge in [-0.25, -0.2) is 4.79 Å². The Morgan fingerprint density at radius 2 is 2.07 bits per heavy atom. The number of aromatic amines is 1. The van der Waals surface area contributed by atoms with Gasteiger partial charge < -0.3 is 15.4 Å². The van der Waals surface area contributed by atoms with Crippen molar-refractivity contribution in [2.75, 3.05) is 0 Å². The number of nitrogens with one attached hydrogen (secondary N) is 2. The van der Waals surface area contributed by atoms with Crippen molar-refractivity contribution in [3.8, 4) is 0 Å². The van der Waals surface area contributed by atoms with Gasteiger partial charge in [0.1, 0.15) is 0 Å². The molecule has 8 nitrogen and oxygen atoms in total. The van der Waals surface area contributed by atoms with Gasteiger partial charge >= 0.3 is 5.69 Å². The van der Waals surface area contributed by atoms with Crippen molar-refractivity contribution >= 4 is 16.7 Å². The van der Waals surface area contributed by atoms with Crippen LogP contribution < -0.4 is 11.0 Å². The zero-order chi connectivity index (χ0) is 20.5. The molecule has 0 bridgehead atoms. The Balaban J connectivity index is 1.43. The molecule has 29 heavy (non-hydrogen) atoms. The molecule has 0 spiro atoms. The zero-order valence-corrected chi connectivity index (χ0v) is 16.2. The van der Waals surface area contributed by atoms with Crippen molar-refractivity contribution in [3.05, 3.63) is 74.2 Å². The molecule has 1 aliphatic heterocycles. The van der Waals surface area contributed by atoms with Crippen LogP contribution in [0.5, 0.6) is 0 Å². The molecule has 2 heterocycles. The third-order valence-corrected chi connectivity index (χ3v) is 5.70. The minimum absolute atomic E-state index is 0.0922. The molecule has 0 radical (unpaired) electrons. The van der Waals surface area contributed by atoms with Gasteiger partial charge in [-0.15, -0.1) is 0 Å². The molecular formula is C21H24N4O4. The predicted molar refractivity (Wildman–Crippen MR) is 110 cm³/mol. The Labute approximate surface area is 167 Å². The van der Waals surface area contributed by atoms with Gasteiger partial charge in [0, 0.05) is 36.3 Å². The standard InChI is InChI=1S/C21H24N4O4/c1-13(5-6-14-7-9-15(10-8-14)25(28)29)22-18-11-12-24-19-16(20(18)26)3-2-4-17(19)23-21(24)27/h2-4,7-10,13,18,20,22,26H,5-6,11-12H2,1H3,(H,23,27). The van der Waals surface area contributed by atoms with E-state index in [1.807, 2.05) is 18.2 Å². The van der Waals surface area contributed by atoms with E-state index in [9.17, 15) is 20.0 Å². The first-order chi connectivity index (χ1) is 13.9. The zero-order valence-electron chi connectivity index (χ0n) is 16.2. The van der Waals surface area contributed by atoms with E-state index in [1.54, 1.807) is 16.7 Å². The Morgan fingerprint density at radius 1 is 1.31 bits per heavy atom. The highest BCUT2D eigenvalue weighted by atomic mass is 16.6. The quantitative estimate of drug-likeness (QED) is 0.438. The highest BCUT2D eigenvalue weighted by Gasteiger charge is 2.29. The summed E-state index contributed by atoms with van der Waals surface area (Å²) in [6, 6.07) is 12.2. The summed E-state index contributed by atoms with van der Waals surface area (Å²) in [4.78, 5) is 25.4. The predicted octanol–water partition coefficient (Wildman–Crippen LogP) is 2.65. The number of nitro benzene ring substituents is 1. The molecule has 3 aromatic rings. The van der Waals surface area contributed by atoms with Gasteiger partial charge in [-0.1, -0.05) is 24.3 Å². The molecule has 0 saturated carbocycles. The van der Waals surface area contributed by atoms with Crippen LogP contribution in [0.25, 0.3) is 11.0 Å². The molecule has 0 amide bonds. The number of nitrogens with zero attached hydrogens (tertiary/aromatic N) is 2. The number of benzene rings is 2. The molecule has 2 aromatic carbocycles. The third-order valence-electron chi connectivity index (χ3n) is 5.70. The average molecular weight is 396 g/mol. The van der Waals surface area contributed by atoms with Gasteiger partial charge in [0.25, 0.3) is 5.69 Å². The van der Waals surface area contributed by atoms with E-state index >= 15 is 0 Å². The minimum Gasteiger partial charge on any atom is -0.387 e. The first-order valence-electron chi connectivity index (χ1n) is 9.83. The van der Waals surface area contributed by atoms with E-state index in [0.29, 0.717) is 13.0 Å². The summed E-state index contributed by atoms with van der Waals surface area (Å²) in [5, 5.41) is 25.3. The number of para-hydroxylation sites is 1. The highest BCUT2D eigenvalue weighted by Crippen LogP contribution is 2.30. The normalized spacial score (nSPS) is 19.8. The van der Waals surface area contributed by atoms with Gasteiger partial charge in [-0.2, -0.15) is 0 Å². The Morgan fingerprint density at radius 3 is 2.79 bits per heavy atom. The molecule has 3 N–H and O–H groups in total. The van der Waals surface area contributed by atoms with Crippen LogP contribution in [0.3, 0.4) is 0 Å². The first-order valence-corrected chi connectivity index (χ1v) is 9.83. The maximum atomic E-state index is 12.2. The van der Waals surface area contributed by atoms with Crippen molar-refractivity contribution in [3.63, 3.8) is 0 Å². The van der Waals surface area contributed by atoms with Gasteiger partial charge in [0.05, 0.1) is 22.1 Å². The number of nitro groups is 1. The third kappa shape index (κ3) is 3.81. The molecule has 8 heteroatoms. The summed E-state index contributed by atoms with van der Waals surface area (Å²) >= 11 is 0. The maximum absolute atomic E-state index is 12.2. The molecule has 3 atom stereocenters. The molecule has 4 rings (SSSR count). The Bertz CT molecular complexity index is 1090. The molecular weight excluding hydrogens is 372 g/mol. The molecule has 0 aliphatic carbocycles. The van der Waals surface area contributed by atoms with Gasteiger partial charge in [-0.3, -0.25) is 14.7 Å². The lowest BCUT2D eigenvalue weighted by Crippen LogP contribution is -2.41. The number of non-ortho nitro benzene ring substituents is 1. The molecule has 1 aromatic heterocycles. The summed E-state index contributed by atoms with van der Waals surface area (Å²) in [5.41, 5.74) is 3.28. The van der Waals surface area contributed by atoms with E-state index in [0.717, 1.165) is 35.0 Å². The van der Waals surface area contributed by atoms with Crippen molar-refractivity contribution in [2.45, 2.75) is 50.9 Å².